The van der Waals surface area contributed by atoms with Gasteiger partial charge in [-0.3, -0.25) is 9.78 Å². The van der Waals surface area contributed by atoms with Crippen molar-refractivity contribution in [3.63, 3.8) is 0 Å². The van der Waals surface area contributed by atoms with E-state index in [0.29, 0.717) is 18.7 Å². The fourth-order valence-electron chi connectivity index (χ4n) is 2.55. The third-order valence-electron chi connectivity index (χ3n) is 3.85. The smallest absolute Gasteiger partial charge is 0.306 e. The van der Waals surface area contributed by atoms with Crippen molar-refractivity contribution in [3.8, 4) is 11.4 Å². The van der Waals surface area contributed by atoms with Crippen molar-refractivity contribution in [2.45, 2.75) is 25.9 Å². The molecule has 136 valence electrons. The molecule has 0 saturated carbocycles. The molecule has 0 amide bonds. The summed E-state index contributed by atoms with van der Waals surface area (Å²) in [6.45, 7) is -0.0345. The standard InChI is InChI=1S/C19H16N4O3S/c24-18(9-3-8-17-21-14-6-1-2-7-15(14)27-17)25-12-16-22-19(23-26-16)13-5-4-10-20-11-13/h1-2,4-7,10-11H,3,8-9,12H2. The number of rotatable bonds is 7. The van der Waals surface area contributed by atoms with Crippen LogP contribution in [0.2, 0.25) is 0 Å². The van der Waals surface area contributed by atoms with Crippen LogP contribution in [0.5, 0.6) is 0 Å². The third-order valence-corrected chi connectivity index (χ3v) is 4.95. The van der Waals surface area contributed by atoms with Gasteiger partial charge in [0.15, 0.2) is 6.61 Å². The van der Waals surface area contributed by atoms with Crippen LogP contribution in [0.4, 0.5) is 0 Å². The number of carbonyl (C=O) groups is 1. The summed E-state index contributed by atoms with van der Waals surface area (Å²) in [5.74, 6) is 0.385. The van der Waals surface area contributed by atoms with Gasteiger partial charge in [-0.2, -0.15) is 4.98 Å². The van der Waals surface area contributed by atoms with Crippen LogP contribution >= 0.6 is 11.3 Å². The normalized spacial score (nSPS) is 11.0. The Labute approximate surface area is 159 Å². The minimum atomic E-state index is -0.294. The minimum Gasteiger partial charge on any atom is -0.456 e. The highest BCUT2D eigenvalue weighted by Gasteiger charge is 2.11. The minimum absolute atomic E-state index is 0.0345. The molecule has 0 unspecified atom stereocenters. The van der Waals surface area contributed by atoms with E-state index in [4.69, 9.17) is 9.26 Å². The van der Waals surface area contributed by atoms with E-state index in [1.165, 1.54) is 0 Å². The highest BCUT2D eigenvalue weighted by molar-refractivity contribution is 7.18. The second-order valence-corrected chi connectivity index (χ2v) is 6.96. The lowest BCUT2D eigenvalue weighted by Gasteiger charge is -2.00. The SMILES string of the molecule is O=C(CCCc1nc2ccccc2s1)OCc1nc(-c2cccnc2)no1. The zero-order chi connectivity index (χ0) is 18.5. The van der Waals surface area contributed by atoms with E-state index in [2.05, 4.69) is 26.2 Å². The fraction of sp³-hybridized carbons (Fsp3) is 0.211. The molecule has 4 rings (SSSR count). The van der Waals surface area contributed by atoms with Crippen molar-refractivity contribution >= 4 is 27.5 Å². The number of hydrogen-bond acceptors (Lipinski definition) is 8. The van der Waals surface area contributed by atoms with Crippen LogP contribution in [0.1, 0.15) is 23.7 Å². The van der Waals surface area contributed by atoms with Crippen molar-refractivity contribution in [1.82, 2.24) is 20.1 Å². The predicted octanol–water partition coefficient (Wildman–Crippen LogP) is 3.81. The second kappa shape index (κ2) is 8.05. The predicted molar refractivity (Wildman–Crippen MR) is 99.9 cm³/mol. The van der Waals surface area contributed by atoms with Gasteiger partial charge in [0, 0.05) is 24.4 Å². The number of aryl methyl sites for hydroxylation is 1. The van der Waals surface area contributed by atoms with Crippen LogP contribution < -0.4 is 0 Å². The molecule has 0 spiro atoms. The zero-order valence-electron chi connectivity index (χ0n) is 14.4. The first kappa shape index (κ1) is 17.3. The molecule has 0 atom stereocenters. The van der Waals surface area contributed by atoms with Gasteiger partial charge in [-0.1, -0.05) is 17.3 Å². The zero-order valence-corrected chi connectivity index (χ0v) is 15.2. The number of fused-ring (bicyclic) bond motifs is 1. The average Bonchev–Trinajstić information content (AvgIpc) is 3.34. The first-order valence-corrected chi connectivity index (χ1v) is 9.32. The Bertz CT molecular complexity index is 1010. The summed E-state index contributed by atoms with van der Waals surface area (Å²) in [7, 11) is 0. The van der Waals surface area contributed by atoms with E-state index < -0.39 is 0 Å². The number of thiazole rings is 1. The topological polar surface area (TPSA) is 91.0 Å². The summed E-state index contributed by atoms with van der Waals surface area (Å²) < 4.78 is 11.5. The number of nitrogens with zero attached hydrogens (tertiary/aromatic N) is 4. The number of benzene rings is 1. The number of hydrogen-bond donors (Lipinski definition) is 0. The van der Waals surface area contributed by atoms with Crippen molar-refractivity contribution in [3.05, 3.63) is 59.7 Å². The lowest BCUT2D eigenvalue weighted by atomic mass is 10.2. The Morgan fingerprint density at radius 3 is 2.93 bits per heavy atom. The van der Waals surface area contributed by atoms with E-state index in [-0.39, 0.29) is 18.5 Å². The van der Waals surface area contributed by atoms with Gasteiger partial charge < -0.3 is 9.26 Å². The summed E-state index contributed by atoms with van der Waals surface area (Å²) in [6.07, 6.45) is 5.06. The second-order valence-electron chi connectivity index (χ2n) is 5.84. The Balaban J connectivity index is 1.23. The first-order chi connectivity index (χ1) is 13.3. The van der Waals surface area contributed by atoms with Gasteiger partial charge in [0.05, 0.1) is 15.2 Å². The highest BCUT2D eigenvalue weighted by atomic mass is 32.1. The van der Waals surface area contributed by atoms with Crippen LogP contribution in [0, 0.1) is 0 Å². The Kier molecular flexibility index (Phi) is 5.15. The van der Waals surface area contributed by atoms with E-state index in [1.54, 1.807) is 29.8 Å². The molecule has 4 aromatic rings. The maximum atomic E-state index is 11.9. The molecule has 7 nitrogen and oxygen atoms in total. The summed E-state index contributed by atoms with van der Waals surface area (Å²) in [4.78, 5) is 24.7. The number of ether oxygens (including phenoxy) is 1. The van der Waals surface area contributed by atoms with Crippen molar-refractivity contribution < 1.29 is 14.1 Å². The van der Waals surface area contributed by atoms with E-state index in [0.717, 1.165) is 27.2 Å². The number of pyridine rings is 1. The summed E-state index contributed by atoms with van der Waals surface area (Å²) in [5, 5.41) is 4.89. The van der Waals surface area contributed by atoms with E-state index >= 15 is 0 Å². The number of carbonyl (C=O) groups excluding carboxylic acids is 1. The number of esters is 1. The lowest BCUT2D eigenvalue weighted by Crippen LogP contribution is -2.05. The van der Waals surface area contributed by atoms with Crippen LogP contribution in [0.15, 0.2) is 53.3 Å². The first-order valence-electron chi connectivity index (χ1n) is 8.51. The monoisotopic (exact) mass is 380 g/mol. The molecule has 27 heavy (non-hydrogen) atoms. The molecular weight excluding hydrogens is 364 g/mol. The molecule has 0 aliphatic heterocycles. The molecule has 8 heteroatoms. The molecule has 0 N–H and O–H groups in total. The maximum Gasteiger partial charge on any atom is 0.306 e. The van der Waals surface area contributed by atoms with E-state index in [9.17, 15) is 4.79 Å². The molecule has 0 aliphatic rings. The highest BCUT2D eigenvalue weighted by Crippen LogP contribution is 2.22. The molecule has 1 aromatic carbocycles. The Morgan fingerprint density at radius 1 is 1.15 bits per heavy atom. The molecule has 0 bridgehead atoms. The van der Waals surface area contributed by atoms with Gasteiger partial charge in [0.25, 0.3) is 5.89 Å². The van der Waals surface area contributed by atoms with Crippen LogP contribution in [0.3, 0.4) is 0 Å². The fourth-order valence-corrected chi connectivity index (χ4v) is 3.56. The van der Waals surface area contributed by atoms with Crippen LogP contribution in [-0.4, -0.2) is 26.1 Å². The Morgan fingerprint density at radius 2 is 2.07 bits per heavy atom. The van der Waals surface area contributed by atoms with Crippen molar-refractivity contribution in [2.24, 2.45) is 0 Å². The molecule has 3 heterocycles. The number of para-hydroxylation sites is 1. The van der Waals surface area contributed by atoms with Gasteiger partial charge in [0.2, 0.25) is 5.82 Å². The molecular formula is C19H16N4O3S. The van der Waals surface area contributed by atoms with Gasteiger partial charge in [-0.05, 0) is 37.1 Å². The summed E-state index contributed by atoms with van der Waals surface area (Å²) >= 11 is 1.66. The van der Waals surface area contributed by atoms with Crippen LogP contribution in [0.25, 0.3) is 21.6 Å². The lowest BCUT2D eigenvalue weighted by molar-refractivity contribution is -0.145. The van der Waals surface area contributed by atoms with Gasteiger partial charge in [-0.15, -0.1) is 11.3 Å². The molecule has 0 aliphatic carbocycles. The Hall–Kier alpha value is -3.13. The average molecular weight is 380 g/mol. The molecule has 0 saturated heterocycles. The summed E-state index contributed by atoms with van der Waals surface area (Å²) in [6, 6.07) is 11.6. The van der Waals surface area contributed by atoms with Crippen molar-refractivity contribution in [2.75, 3.05) is 0 Å². The largest absolute Gasteiger partial charge is 0.456 e. The summed E-state index contributed by atoms with van der Waals surface area (Å²) in [5.41, 5.74) is 1.75. The van der Waals surface area contributed by atoms with Gasteiger partial charge >= 0.3 is 5.97 Å². The molecule has 3 aromatic heterocycles. The molecule has 0 fully saturated rings. The van der Waals surface area contributed by atoms with E-state index in [1.807, 2.05) is 24.3 Å². The molecule has 0 radical (unpaired) electrons. The number of aromatic nitrogens is 4. The quantitative estimate of drug-likeness (QED) is 0.450. The maximum absolute atomic E-state index is 11.9. The van der Waals surface area contributed by atoms with Crippen LogP contribution in [-0.2, 0) is 22.6 Å². The third kappa shape index (κ3) is 4.35. The van der Waals surface area contributed by atoms with Gasteiger partial charge in [0.1, 0.15) is 0 Å². The van der Waals surface area contributed by atoms with Crippen molar-refractivity contribution in [1.29, 1.82) is 0 Å². The van der Waals surface area contributed by atoms with Gasteiger partial charge in [-0.25, -0.2) is 4.98 Å².